The van der Waals surface area contributed by atoms with Gasteiger partial charge >= 0.3 is 0 Å². The van der Waals surface area contributed by atoms with Crippen LogP contribution >= 0.6 is 0 Å². The molecule has 2 saturated carbocycles. The Morgan fingerprint density at radius 1 is 1.22 bits per heavy atom. The average Bonchev–Trinajstić information content (AvgIpc) is 2.83. The lowest BCUT2D eigenvalue weighted by molar-refractivity contribution is -0.140. The maximum Gasteiger partial charge on any atom is 0.226 e. The van der Waals surface area contributed by atoms with Crippen molar-refractivity contribution in [3.05, 3.63) is 0 Å². The predicted molar refractivity (Wildman–Crippen MR) is 72.2 cm³/mol. The fourth-order valence-electron chi connectivity index (χ4n) is 3.76. The average molecular weight is 253 g/mol. The number of hydrogen-bond donors (Lipinski definition) is 1. The standard InChI is InChI=1S/C15H27NO2/c1-14(2)8-6-7-12(14)13(17)16(3)11-15(18)9-4-5-10-15/h12,18H,4-11H2,1-3H3. The van der Waals surface area contributed by atoms with Crippen molar-refractivity contribution in [2.24, 2.45) is 11.3 Å². The minimum absolute atomic E-state index is 0.129. The van der Waals surface area contributed by atoms with Crippen molar-refractivity contribution in [1.82, 2.24) is 4.90 Å². The van der Waals surface area contributed by atoms with Crippen molar-refractivity contribution in [2.45, 2.75) is 64.4 Å². The molecule has 104 valence electrons. The van der Waals surface area contributed by atoms with E-state index in [9.17, 15) is 9.90 Å². The Hall–Kier alpha value is -0.570. The van der Waals surface area contributed by atoms with Gasteiger partial charge in [-0.15, -0.1) is 0 Å². The molecule has 18 heavy (non-hydrogen) atoms. The monoisotopic (exact) mass is 253 g/mol. The van der Waals surface area contributed by atoms with Crippen LogP contribution in [-0.4, -0.2) is 35.1 Å². The van der Waals surface area contributed by atoms with Gasteiger partial charge < -0.3 is 10.0 Å². The van der Waals surface area contributed by atoms with E-state index in [4.69, 9.17) is 0 Å². The van der Waals surface area contributed by atoms with E-state index < -0.39 is 5.60 Å². The first-order chi connectivity index (χ1) is 8.34. The summed E-state index contributed by atoms with van der Waals surface area (Å²) < 4.78 is 0. The molecule has 0 bridgehead atoms. The van der Waals surface area contributed by atoms with Crippen LogP contribution in [0.15, 0.2) is 0 Å². The van der Waals surface area contributed by atoms with Crippen LogP contribution in [0, 0.1) is 11.3 Å². The number of carbonyl (C=O) groups is 1. The largest absolute Gasteiger partial charge is 0.388 e. The van der Waals surface area contributed by atoms with Crippen LogP contribution in [0.3, 0.4) is 0 Å². The van der Waals surface area contributed by atoms with E-state index in [0.29, 0.717) is 6.54 Å². The molecular formula is C15H27NO2. The van der Waals surface area contributed by atoms with Crippen LogP contribution in [0.5, 0.6) is 0 Å². The molecule has 1 unspecified atom stereocenters. The van der Waals surface area contributed by atoms with Gasteiger partial charge in [0, 0.05) is 19.5 Å². The van der Waals surface area contributed by atoms with Gasteiger partial charge in [0.25, 0.3) is 0 Å². The molecule has 1 atom stereocenters. The van der Waals surface area contributed by atoms with Gasteiger partial charge in [-0.2, -0.15) is 0 Å². The van der Waals surface area contributed by atoms with E-state index >= 15 is 0 Å². The molecule has 1 amide bonds. The SMILES string of the molecule is CN(CC1(O)CCCC1)C(=O)C1CCCC1(C)C. The summed E-state index contributed by atoms with van der Waals surface area (Å²) in [6.45, 7) is 4.90. The highest BCUT2D eigenvalue weighted by Gasteiger charge is 2.42. The molecule has 0 saturated heterocycles. The number of aliphatic hydroxyl groups is 1. The Labute approximate surface area is 111 Å². The van der Waals surface area contributed by atoms with Crippen LogP contribution < -0.4 is 0 Å². The van der Waals surface area contributed by atoms with Crippen molar-refractivity contribution in [3.63, 3.8) is 0 Å². The quantitative estimate of drug-likeness (QED) is 0.840. The lowest BCUT2D eigenvalue weighted by Crippen LogP contribution is -2.45. The summed E-state index contributed by atoms with van der Waals surface area (Å²) in [6.07, 6.45) is 7.18. The first kappa shape index (κ1) is 13.9. The fraction of sp³-hybridized carbons (Fsp3) is 0.933. The zero-order valence-corrected chi connectivity index (χ0v) is 12.0. The summed E-state index contributed by atoms with van der Waals surface area (Å²) in [5, 5.41) is 10.4. The predicted octanol–water partition coefficient (Wildman–Crippen LogP) is 2.58. The van der Waals surface area contributed by atoms with Crippen LogP contribution in [-0.2, 0) is 4.79 Å². The van der Waals surface area contributed by atoms with E-state index in [1.165, 1.54) is 0 Å². The zero-order chi connectivity index (χ0) is 13.4. The molecule has 0 aromatic carbocycles. The summed E-state index contributed by atoms with van der Waals surface area (Å²) in [6, 6.07) is 0. The van der Waals surface area contributed by atoms with Crippen LogP contribution in [0.4, 0.5) is 0 Å². The van der Waals surface area contributed by atoms with E-state index in [1.54, 1.807) is 4.90 Å². The van der Waals surface area contributed by atoms with Gasteiger partial charge in [-0.05, 0) is 31.1 Å². The molecule has 3 heteroatoms. The number of hydrogen-bond acceptors (Lipinski definition) is 2. The van der Waals surface area contributed by atoms with Gasteiger partial charge in [-0.1, -0.05) is 33.1 Å². The zero-order valence-electron chi connectivity index (χ0n) is 12.0. The third-order valence-electron chi connectivity index (χ3n) is 5.00. The van der Waals surface area contributed by atoms with Crippen molar-refractivity contribution < 1.29 is 9.90 Å². The van der Waals surface area contributed by atoms with E-state index in [1.807, 2.05) is 7.05 Å². The van der Waals surface area contributed by atoms with Crippen molar-refractivity contribution >= 4 is 5.91 Å². The summed E-state index contributed by atoms with van der Waals surface area (Å²) in [5.74, 6) is 0.380. The highest BCUT2D eigenvalue weighted by Crippen LogP contribution is 2.43. The lowest BCUT2D eigenvalue weighted by Gasteiger charge is -2.34. The molecule has 2 rings (SSSR count). The Morgan fingerprint density at radius 3 is 2.33 bits per heavy atom. The Bertz CT molecular complexity index is 318. The minimum Gasteiger partial charge on any atom is -0.388 e. The molecule has 3 nitrogen and oxygen atoms in total. The fourth-order valence-corrected chi connectivity index (χ4v) is 3.76. The number of nitrogens with zero attached hydrogens (tertiary/aromatic N) is 1. The van der Waals surface area contributed by atoms with Crippen LogP contribution in [0.1, 0.15) is 58.8 Å². The second-order valence-electron chi connectivity index (χ2n) is 7.06. The van der Waals surface area contributed by atoms with Gasteiger partial charge in [0.15, 0.2) is 0 Å². The van der Waals surface area contributed by atoms with Gasteiger partial charge in [-0.25, -0.2) is 0 Å². The van der Waals surface area contributed by atoms with Gasteiger partial charge in [0.2, 0.25) is 5.91 Å². The van der Waals surface area contributed by atoms with Gasteiger partial charge in [-0.3, -0.25) is 4.79 Å². The Kier molecular flexibility index (Phi) is 3.72. The molecule has 0 aromatic rings. The lowest BCUT2D eigenvalue weighted by atomic mass is 9.81. The molecule has 0 spiro atoms. The number of rotatable bonds is 3. The highest BCUT2D eigenvalue weighted by molar-refractivity contribution is 5.79. The molecule has 2 fully saturated rings. The number of amides is 1. The molecule has 0 radical (unpaired) electrons. The molecule has 1 N–H and O–H groups in total. The van der Waals surface area contributed by atoms with Crippen molar-refractivity contribution in [1.29, 1.82) is 0 Å². The third-order valence-corrected chi connectivity index (χ3v) is 5.00. The highest BCUT2D eigenvalue weighted by atomic mass is 16.3. The first-order valence-corrected chi connectivity index (χ1v) is 7.31. The maximum absolute atomic E-state index is 12.5. The Balaban J connectivity index is 1.96. The first-order valence-electron chi connectivity index (χ1n) is 7.31. The Morgan fingerprint density at radius 2 is 1.83 bits per heavy atom. The maximum atomic E-state index is 12.5. The smallest absolute Gasteiger partial charge is 0.226 e. The number of likely N-dealkylation sites (N-methyl/N-ethyl adjacent to an activating group) is 1. The molecule has 0 aromatic heterocycles. The van der Waals surface area contributed by atoms with Crippen LogP contribution in [0.2, 0.25) is 0 Å². The summed E-state index contributed by atoms with van der Waals surface area (Å²) >= 11 is 0. The van der Waals surface area contributed by atoms with E-state index in [0.717, 1.165) is 44.9 Å². The molecule has 0 heterocycles. The molecule has 0 aliphatic heterocycles. The molecule has 2 aliphatic carbocycles. The minimum atomic E-state index is -0.618. The van der Waals surface area contributed by atoms with E-state index in [2.05, 4.69) is 13.8 Å². The second-order valence-corrected chi connectivity index (χ2v) is 7.06. The van der Waals surface area contributed by atoms with Gasteiger partial charge in [0.1, 0.15) is 0 Å². The van der Waals surface area contributed by atoms with Gasteiger partial charge in [0.05, 0.1) is 5.60 Å². The van der Waals surface area contributed by atoms with Crippen molar-refractivity contribution in [3.8, 4) is 0 Å². The normalized spacial score (nSPS) is 29.4. The third kappa shape index (κ3) is 2.71. The number of carbonyl (C=O) groups excluding carboxylic acids is 1. The second kappa shape index (κ2) is 4.84. The van der Waals surface area contributed by atoms with Crippen LogP contribution in [0.25, 0.3) is 0 Å². The summed E-state index contributed by atoms with van der Waals surface area (Å²) in [4.78, 5) is 14.3. The summed E-state index contributed by atoms with van der Waals surface area (Å²) in [7, 11) is 1.85. The molecular weight excluding hydrogens is 226 g/mol. The summed E-state index contributed by atoms with van der Waals surface area (Å²) in [5.41, 5.74) is -0.489. The molecule has 2 aliphatic rings. The van der Waals surface area contributed by atoms with E-state index in [-0.39, 0.29) is 17.2 Å². The van der Waals surface area contributed by atoms with Crippen molar-refractivity contribution in [2.75, 3.05) is 13.6 Å². The topological polar surface area (TPSA) is 40.5 Å².